The highest BCUT2D eigenvalue weighted by Crippen LogP contribution is 2.31. The lowest BCUT2D eigenvalue weighted by atomic mass is 9.97. The van der Waals surface area contributed by atoms with Crippen LogP contribution in [0.1, 0.15) is 16.8 Å². The van der Waals surface area contributed by atoms with Crippen molar-refractivity contribution in [1.29, 1.82) is 0 Å². The lowest BCUT2D eigenvalue weighted by Crippen LogP contribution is -2.60. The number of carbonyl (C=O) groups excluding carboxylic acids is 1. The molecule has 4 nitrogen and oxygen atoms in total. The van der Waals surface area contributed by atoms with Gasteiger partial charge in [0.05, 0.1) is 33.4 Å². The van der Waals surface area contributed by atoms with Crippen molar-refractivity contribution in [2.24, 2.45) is 0 Å². The molecular weight excluding hydrogens is 250 g/mol. The summed E-state index contributed by atoms with van der Waals surface area (Å²) >= 11 is 0. The van der Waals surface area contributed by atoms with Crippen LogP contribution in [0, 0.1) is 0 Å². The quantitative estimate of drug-likeness (QED) is 0.802. The number of ether oxygens (including phenoxy) is 1. The fraction of sp³-hybridized carbons (Fsp3) is 0.462. The highest BCUT2D eigenvalue weighted by molar-refractivity contribution is 7.84. The summed E-state index contributed by atoms with van der Waals surface area (Å²) in [4.78, 5) is 14.9. The van der Waals surface area contributed by atoms with Gasteiger partial charge in [0, 0.05) is 19.4 Å². The number of rotatable bonds is 2. The number of likely N-dealkylation sites (tertiary alicyclic amines) is 1. The van der Waals surface area contributed by atoms with Crippen molar-refractivity contribution in [2.75, 3.05) is 19.4 Å². The van der Waals surface area contributed by atoms with Crippen LogP contribution in [0.15, 0.2) is 29.2 Å². The maximum absolute atomic E-state index is 12.4. The third-order valence-electron chi connectivity index (χ3n) is 3.64. The van der Waals surface area contributed by atoms with Crippen LogP contribution in [0.25, 0.3) is 0 Å². The molecule has 3 atom stereocenters. The first-order valence-electron chi connectivity index (χ1n) is 6.03. The minimum Gasteiger partial charge on any atom is -0.374 e. The molecule has 2 aliphatic rings. The lowest BCUT2D eigenvalue weighted by molar-refractivity contribution is -0.0266. The molecule has 1 unspecified atom stereocenters. The number of nitrogens with zero attached hydrogens (tertiary/aromatic N) is 1. The van der Waals surface area contributed by atoms with Gasteiger partial charge >= 0.3 is 0 Å². The number of hydrogen-bond donors (Lipinski definition) is 0. The lowest BCUT2D eigenvalue weighted by Gasteiger charge is -2.43. The molecule has 2 heterocycles. The predicted molar refractivity (Wildman–Crippen MR) is 68.0 cm³/mol. The van der Waals surface area contributed by atoms with Crippen LogP contribution in [0.4, 0.5) is 0 Å². The third-order valence-corrected chi connectivity index (χ3v) is 4.62. The molecule has 18 heavy (non-hydrogen) atoms. The second-order valence-electron chi connectivity index (χ2n) is 4.67. The van der Waals surface area contributed by atoms with Crippen LogP contribution >= 0.6 is 0 Å². The molecule has 96 valence electrons. The van der Waals surface area contributed by atoms with Gasteiger partial charge in [0.15, 0.2) is 0 Å². The smallest absolute Gasteiger partial charge is 0.255 e. The average Bonchev–Trinajstić information content (AvgIpc) is 2.70. The number of benzene rings is 1. The minimum atomic E-state index is -1.14. The minimum absolute atomic E-state index is 0.0208. The molecule has 0 aliphatic carbocycles. The number of hydrogen-bond acceptors (Lipinski definition) is 3. The fourth-order valence-corrected chi connectivity index (χ4v) is 3.38. The van der Waals surface area contributed by atoms with E-state index in [0.717, 1.165) is 13.0 Å². The Morgan fingerprint density at radius 3 is 2.94 bits per heavy atom. The van der Waals surface area contributed by atoms with Gasteiger partial charge in [-0.3, -0.25) is 9.00 Å². The Morgan fingerprint density at radius 1 is 1.44 bits per heavy atom. The summed E-state index contributed by atoms with van der Waals surface area (Å²) in [6.07, 6.45) is 2.73. The van der Waals surface area contributed by atoms with Gasteiger partial charge in [-0.25, -0.2) is 0 Å². The molecule has 0 aromatic heterocycles. The molecule has 5 heteroatoms. The molecule has 0 bridgehead atoms. The third kappa shape index (κ3) is 1.78. The summed E-state index contributed by atoms with van der Waals surface area (Å²) in [7, 11) is -1.14. The molecule has 0 spiro atoms. The second kappa shape index (κ2) is 4.48. The Bertz CT molecular complexity index is 517. The van der Waals surface area contributed by atoms with E-state index in [1.54, 1.807) is 18.4 Å². The molecule has 0 saturated carbocycles. The number of amides is 1. The largest absolute Gasteiger partial charge is 0.374 e. The first kappa shape index (κ1) is 11.9. The van der Waals surface area contributed by atoms with Crippen LogP contribution in [-0.2, 0) is 15.5 Å². The fourth-order valence-electron chi connectivity index (χ4n) is 2.64. The van der Waals surface area contributed by atoms with Crippen molar-refractivity contribution in [1.82, 2.24) is 4.90 Å². The van der Waals surface area contributed by atoms with Crippen LogP contribution < -0.4 is 0 Å². The van der Waals surface area contributed by atoms with Gasteiger partial charge in [-0.1, -0.05) is 12.1 Å². The molecule has 2 fully saturated rings. The van der Waals surface area contributed by atoms with Gasteiger partial charge in [0.25, 0.3) is 5.91 Å². The Kier molecular flexibility index (Phi) is 2.95. The van der Waals surface area contributed by atoms with E-state index < -0.39 is 10.8 Å². The van der Waals surface area contributed by atoms with Gasteiger partial charge in [0.1, 0.15) is 0 Å². The summed E-state index contributed by atoms with van der Waals surface area (Å²) in [6, 6.07) is 7.35. The number of carbonyl (C=O) groups is 1. The van der Waals surface area contributed by atoms with E-state index in [9.17, 15) is 9.00 Å². The molecular formula is C13H15NO3S. The Morgan fingerprint density at radius 2 is 2.22 bits per heavy atom. The van der Waals surface area contributed by atoms with Gasteiger partial charge in [-0.05, 0) is 18.6 Å². The van der Waals surface area contributed by atoms with Gasteiger partial charge in [0.2, 0.25) is 0 Å². The second-order valence-corrected chi connectivity index (χ2v) is 6.02. The molecule has 1 amide bonds. The first-order valence-corrected chi connectivity index (χ1v) is 7.59. The SMILES string of the molecule is CS(=O)c1ccccc1C(=O)N1C[C@@H]2OCC[C@@H]21. The summed E-state index contributed by atoms with van der Waals surface area (Å²) in [5, 5.41) is 0. The number of fused-ring (bicyclic) bond motifs is 1. The van der Waals surface area contributed by atoms with Gasteiger partial charge < -0.3 is 9.64 Å². The van der Waals surface area contributed by atoms with E-state index in [1.807, 2.05) is 17.0 Å². The van der Waals surface area contributed by atoms with E-state index >= 15 is 0 Å². The Hall–Kier alpha value is -1.20. The Balaban J connectivity index is 1.87. The standard InChI is InChI=1S/C13H15NO3S/c1-18(16)12-5-3-2-4-9(12)13(15)14-8-11-10(14)6-7-17-11/h2-5,10-11H,6-8H2,1H3/t10-,11-,18?/m0/s1. The van der Waals surface area contributed by atoms with Crippen molar-refractivity contribution in [3.63, 3.8) is 0 Å². The van der Waals surface area contributed by atoms with Crippen LogP contribution in [0.2, 0.25) is 0 Å². The zero-order chi connectivity index (χ0) is 12.7. The molecule has 3 rings (SSSR count). The van der Waals surface area contributed by atoms with Crippen molar-refractivity contribution in [3.05, 3.63) is 29.8 Å². The van der Waals surface area contributed by atoms with Crippen molar-refractivity contribution < 1.29 is 13.7 Å². The van der Waals surface area contributed by atoms with Crippen LogP contribution in [0.5, 0.6) is 0 Å². The molecule has 0 N–H and O–H groups in total. The van der Waals surface area contributed by atoms with E-state index in [4.69, 9.17) is 4.74 Å². The molecule has 1 aromatic rings. The zero-order valence-electron chi connectivity index (χ0n) is 10.2. The summed E-state index contributed by atoms with van der Waals surface area (Å²) in [5.74, 6) is -0.0208. The van der Waals surface area contributed by atoms with Crippen LogP contribution in [-0.4, -0.2) is 46.6 Å². The van der Waals surface area contributed by atoms with E-state index in [-0.39, 0.29) is 18.1 Å². The average molecular weight is 265 g/mol. The maximum atomic E-state index is 12.4. The van der Waals surface area contributed by atoms with Crippen molar-refractivity contribution >= 4 is 16.7 Å². The predicted octanol–water partition coefficient (Wildman–Crippen LogP) is 1.04. The van der Waals surface area contributed by atoms with Crippen LogP contribution in [0.3, 0.4) is 0 Å². The van der Waals surface area contributed by atoms with Crippen molar-refractivity contribution in [3.8, 4) is 0 Å². The van der Waals surface area contributed by atoms with Crippen molar-refractivity contribution in [2.45, 2.75) is 23.5 Å². The van der Waals surface area contributed by atoms with E-state index in [0.29, 0.717) is 17.0 Å². The van der Waals surface area contributed by atoms with Gasteiger partial charge in [-0.2, -0.15) is 0 Å². The Labute approximate surface area is 108 Å². The zero-order valence-corrected chi connectivity index (χ0v) is 11.0. The normalized spacial score (nSPS) is 27.5. The topological polar surface area (TPSA) is 46.6 Å². The van der Waals surface area contributed by atoms with Gasteiger partial charge in [-0.15, -0.1) is 0 Å². The summed E-state index contributed by atoms with van der Waals surface area (Å²) in [5.41, 5.74) is 0.559. The van der Waals surface area contributed by atoms with E-state index in [2.05, 4.69) is 0 Å². The highest BCUT2D eigenvalue weighted by atomic mass is 32.2. The molecule has 0 radical (unpaired) electrons. The summed E-state index contributed by atoms with van der Waals surface area (Å²) in [6.45, 7) is 1.40. The summed E-state index contributed by atoms with van der Waals surface area (Å²) < 4.78 is 17.1. The molecule has 2 saturated heterocycles. The first-order chi connectivity index (χ1) is 8.68. The monoisotopic (exact) mass is 265 g/mol. The van der Waals surface area contributed by atoms with E-state index in [1.165, 1.54) is 0 Å². The molecule has 1 aromatic carbocycles. The maximum Gasteiger partial charge on any atom is 0.255 e. The molecule has 2 aliphatic heterocycles. The highest BCUT2D eigenvalue weighted by Gasteiger charge is 2.46.